The molecule has 0 aliphatic rings. The Morgan fingerprint density at radius 2 is 0.621 bits per heavy atom. The van der Waals surface area contributed by atoms with Crippen molar-refractivity contribution in [3.05, 3.63) is 123 Å². The first-order valence-corrected chi connectivity index (χ1v) is 10.5. The summed E-state index contributed by atoms with van der Waals surface area (Å²) in [4.78, 5) is 0. The maximum atomic E-state index is 6.02. The molecule has 0 amide bonds. The normalized spacial score (nSPS) is 10.1. The third kappa shape index (κ3) is 6.55. The summed E-state index contributed by atoms with van der Waals surface area (Å²) in [6, 6.07) is 33.2. The molecule has 29 heavy (non-hydrogen) atoms. The summed E-state index contributed by atoms with van der Waals surface area (Å²) in [5.41, 5.74) is 3.53. The quantitative estimate of drug-likeness (QED) is 0.308. The fourth-order valence-corrected chi connectivity index (χ4v) is 3.48. The molecule has 0 spiro atoms. The van der Waals surface area contributed by atoms with Gasteiger partial charge >= 0.3 is 0 Å². The lowest BCUT2D eigenvalue weighted by Crippen LogP contribution is -2.51. The molecular weight excluding hydrogens is 441 g/mol. The number of hydrogen-bond donors (Lipinski definition) is 0. The minimum Gasteiger partial charge on any atom is -0.0843 e. The summed E-state index contributed by atoms with van der Waals surface area (Å²) in [6.45, 7) is 0.117. The molecule has 4 aromatic rings. The van der Waals surface area contributed by atoms with Crippen LogP contribution in [0.4, 0.5) is 0 Å². The molecular formula is C24H17BCl4. The highest BCUT2D eigenvalue weighted by molar-refractivity contribution is 6.95. The zero-order chi connectivity index (χ0) is 20.6. The molecule has 144 valence electrons. The van der Waals surface area contributed by atoms with Gasteiger partial charge in [-0.15, -0.1) is 0 Å². The van der Waals surface area contributed by atoms with E-state index in [2.05, 4.69) is 36.4 Å². The zero-order valence-electron chi connectivity index (χ0n) is 15.4. The van der Waals surface area contributed by atoms with Crippen molar-refractivity contribution in [2.24, 2.45) is 0 Å². The number of hydrogen-bond acceptors (Lipinski definition) is 0. The van der Waals surface area contributed by atoms with Gasteiger partial charge in [0.15, 0.2) is 0 Å². The molecule has 0 N–H and O–H groups in total. The van der Waals surface area contributed by atoms with Gasteiger partial charge in [-0.1, -0.05) is 117 Å². The second-order valence-electron chi connectivity index (χ2n) is 6.38. The smallest absolute Gasteiger partial charge is 0.0843 e. The van der Waals surface area contributed by atoms with Gasteiger partial charge in [-0.25, -0.2) is 0 Å². The van der Waals surface area contributed by atoms with Gasteiger partial charge in [0.25, 0.3) is 0 Å². The molecule has 0 atom stereocenters. The Labute approximate surface area is 192 Å². The summed E-state index contributed by atoms with van der Waals surface area (Å²) in [6.07, 6.45) is 0. The molecule has 0 aromatic heterocycles. The average Bonchev–Trinajstić information content (AvgIpc) is 2.73. The summed E-state index contributed by atoms with van der Waals surface area (Å²) in [5, 5.41) is 2.99. The van der Waals surface area contributed by atoms with Gasteiger partial charge in [-0.2, -0.15) is 0 Å². The van der Waals surface area contributed by atoms with Crippen LogP contribution in [0.2, 0.25) is 20.1 Å². The van der Waals surface area contributed by atoms with Crippen molar-refractivity contribution in [1.82, 2.24) is 0 Å². The molecule has 0 unspecified atom stereocenters. The van der Waals surface area contributed by atoms with E-state index in [-0.39, 0.29) is 6.71 Å². The Balaban J connectivity index is 0.000000290. The summed E-state index contributed by atoms with van der Waals surface area (Å²) in [7, 11) is 0. The second-order valence-corrected chi connectivity index (χ2v) is 8.13. The van der Waals surface area contributed by atoms with Crippen molar-refractivity contribution in [3.8, 4) is 0 Å². The van der Waals surface area contributed by atoms with Crippen LogP contribution < -0.4 is 16.4 Å². The van der Waals surface area contributed by atoms with Gasteiger partial charge < -0.3 is 0 Å². The van der Waals surface area contributed by atoms with Crippen molar-refractivity contribution >= 4 is 69.5 Å². The molecule has 0 nitrogen and oxygen atoms in total. The molecule has 0 fully saturated rings. The van der Waals surface area contributed by atoms with Gasteiger partial charge in [0.1, 0.15) is 0 Å². The van der Waals surface area contributed by atoms with Crippen molar-refractivity contribution in [1.29, 1.82) is 0 Å². The molecule has 0 aliphatic carbocycles. The number of rotatable bonds is 3. The van der Waals surface area contributed by atoms with Crippen LogP contribution in [0.5, 0.6) is 0 Å². The highest BCUT2D eigenvalue weighted by Crippen LogP contribution is 2.09. The Hall–Kier alpha value is -1.90. The van der Waals surface area contributed by atoms with E-state index in [1.807, 2.05) is 66.7 Å². The van der Waals surface area contributed by atoms with Crippen molar-refractivity contribution in [2.75, 3.05) is 0 Å². The van der Waals surface area contributed by atoms with Crippen LogP contribution in [0.3, 0.4) is 0 Å². The molecule has 0 heterocycles. The van der Waals surface area contributed by atoms with Crippen molar-refractivity contribution < 1.29 is 0 Å². The van der Waals surface area contributed by atoms with E-state index in [4.69, 9.17) is 46.4 Å². The van der Waals surface area contributed by atoms with Crippen molar-refractivity contribution in [3.63, 3.8) is 0 Å². The van der Waals surface area contributed by atoms with Crippen LogP contribution in [0.15, 0.2) is 103 Å². The maximum Gasteiger partial charge on any atom is 0.241 e. The van der Waals surface area contributed by atoms with E-state index in [0.717, 1.165) is 20.1 Å². The third-order valence-electron chi connectivity index (χ3n) is 4.34. The highest BCUT2D eigenvalue weighted by atomic mass is 35.5. The minimum absolute atomic E-state index is 0.117. The van der Waals surface area contributed by atoms with Gasteiger partial charge in [0.2, 0.25) is 6.71 Å². The molecule has 0 aliphatic heterocycles. The van der Waals surface area contributed by atoms with Crippen molar-refractivity contribution in [2.45, 2.75) is 0 Å². The van der Waals surface area contributed by atoms with E-state index in [0.29, 0.717) is 0 Å². The number of benzene rings is 4. The summed E-state index contributed by atoms with van der Waals surface area (Å²) < 4.78 is 0. The first-order valence-electron chi connectivity index (χ1n) is 9.00. The Morgan fingerprint density at radius 3 is 0.862 bits per heavy atom. The fourth-order valence-electron chi connectivity index (χ4n) is 2.96. The van der Waals surface area contributed by atoms with Gasteiger partial charge in [0.05, 0.1) is 0 Å². The highest BCUT2D eigenvalue weighted by Gasteiger charge is 2.21. The average molecular weight is 458 g/mol. The van der Waals surface area contributed by atoms with E-state index in [1.54, 1.807) is 0 Å². The molecule has 5 heteroatoms. The second kappa shape index (κ2) is 10.8. The predicted octanol–water partition coefficient (Wildman–Crippen LogP) is 6.50. The summed E-state index contributed by atoms with van der Waals surface area (Å²) >= 11 is 23.6. The summed E-state index contributed by atoms with van der Waals surface area (Å²) in [5.74, 6) is 0. The minimum atomic E-state index is 0.117. The largest absolute Gasteiger partial charge is 0.241 e. The Kier molecular flexibility index (Phi) is 8.09. The predicted molar refractivity (Wildman–Crippen MR) is 130 cm³/mol. The molecule has 0 bridgehead atoms. The van der Waals surface area contributed by atoms with Crippen LogP contribution in [0, 0.1) is 0 Å². The topological polar surface area (TPSA) is 0 Å². The Morgan fingerprint density at radius 1 is 0.345 bits per heavy atom. The van der Waals surface area contributed by atoms with Gasteiger partial charge in [-0.3, -0.25) is 0 Å². The van der Waals surface area contributed by atoms with E-state index < -0.39 is 0 Å². The Bertz CT molecular complexity index is 907. The third-order valence-corrected chi connectivity index (χ3v) is 5.35. The van der Waals surface area contributed by atoms with Gasteiger partial charge in [0, 0.05) is 20.1 Å². The molecule has 0 saturated carbocycles. The van der Waals surface area contributed by atoms with Crippen LogP contribution in [-0.2, 0) is 0 Å². The SMILES string of the molecule is Clc1ccc(B(c2ccc(Cl)cc2)c2ccc(Cl)cc2)cc1.Clc1ccccc1. The maximum absolute atomic E-state index is 6.02. The fraction of sp³-hybridized carbons (Fsp3) is 0. The first kappa shape index (κ1) is 21.8. The van der Waals surface area contributed by atoms with Crippen LogP contribution >= 0.6 is 46.4 Å². The number of halogens is 4. The van der Waals surface area contributed by atoms with E-state index >= 15 is 0 Å². The first-order chi connectivity index (χ1) is 14.0. The van der Waals surface area contributed by atoms with Crippen LogP contribution in [0.25, 0.3) is 0 Å². The zero-order valence-corrected chi connectivity index (χ0v) is 18.4. The monoisotopic (exact) mass is 456 g/mol. The van der Waals surface area contributed by atoms with Crippen LogP contribution in [0.1, 0.15) is 0 Å². The molecule has 4 rings (SSSR count). The lowest BCUT2D eigenvalue weighted by molar-refractivity contribution is 1.71. The molecule has 0 saturated heterocycles. The van der Waals surface area contributed by atoms with Crippen LogP contribution in [-0.4, -0.2) is 6.71 Å². The van der Waals surface area contributed by atoms with Gasteiger partial charge in [-0.05, 0) is 48.5 Å². The lowest BCUT2D eigenvalue weighted by Gasteiger charge is -2.16. The standard InChI is InChI=1S/C18H12BCl3.C6H5Cl/c20-16-7-1-13(2-8-16)19(14-3-9-17(21)10-4-14)15-5-11-18(22)12-6-15;7-6-4-2-1-3-5-6/h1-12H;1-5H. The van der Waals surface area contributed by atoms with E-state index in [1.165, 1.54) is 16.4 Å². The molecule has 0 radical (unpaired) electrons. The lowest BCUT2D eigenvalue weighted by atomic mass is 9.37. The molecule has 4 aromatic carbocycles. The van der Waals surface area contributed by atoms with E-state index in [9.17, 15) is 0 Å².